The van der Waals surface area contributed by atoms with Crippen LogP contribution in [0.25, 0.3) is 0 Å². The third-order valence-electron chi connectivity index (χ3n) is 2.27. The minimum atomic E-state index is -4.97. The Morgan fingerprint density at radius 2 is 1.95 bits per heavy atom. The average molecular weight is 375 g/mol. The molecule has 0 bridgehead atoms. The van der Waals surface area contributed by atoms with Crippen LogP contribution in [-0.2, 0) is 21.2 Å². The van der Waals surface area contributed by atoms with Gasteiger partial charge in [0.1, 0.15) is 0 Å². The van der Waals surface area contributed by atoms with E-state index in [2.05, 4.69) is 15.9 Å². The van der Waals surface area contributed by atoms with Gasteiger partial charge in [0.15, 0.2) is 0 Å². The Labute approximate surface area is 121 Å². The first-order valence-corrected chi connectivity index (χ1v) is 7.52. The molecule has 0 aliphatic carbocycles. The van der Waals surface area contributed by atoms with E-state index in [1.165, 1.54) is 18.2 Å². The minimum absolute atomic E-state index is 0.0964. The Bertz CT molecular complexity index is 617. The first-order chi connectivity index (χ1) is 9.01. The molecule has 20 heavy (non-hydrogen) atoms. The zero-order chi connectivity index (χ0) is 15.6. The molecule has 0 heterocycles. The van der Waals surface area contributed by atoms with Gasteiger partial charge in [0, 0.05) is 11.0 Å². The number of benzene rings is 1. The molecule has 3 N–H and O–H groups in total. The van der Waals surface area contributed by atoms with Crippen LogP contribution in [-0.4, -0.2) is 27.0 Å². The SMILES string of the molecule is NS(=O)(=O)c1cc(Br)ccc1CCNC(=O)C(F)(F)F. The van der Waals surface area contributed by atoms with Crippen molar-refractivity contribution in [2.24, 2.45) is 5.14 Å². The van der Waals surface area contributed by atoms with Gasteiger partial charge >= 0.3 is 12.1 Å². The number of hydrogen-bond acceptors (Lipinski definition) is 3. The van der Waals surface area contributed by atoms with Gasteiger partial charge in [-0.2, -0.15) is 13.2 Å². The second kappa shape index (κ2) is 6.10. The monoisotopic (exact) mass is 374 g/mol. The van der Waals surface area contributed by atoms with Crippen LogP contribution in [0.2, 0.25) is 0 Å². The summed E-state index contributed by atoms with van der Waals surface area (Å²) in [6.07, 6.45) is -5.07. The van der Waals surface area contributed by atoms with E-state index in [9.17, 15) is 26.4 Å². The second-order valence-electron chi connectivity index (χ2n) is 3.80. The van der Waals surface area contributed by atoms with E-state index in [0.717, 1.165) is 0 Å². The van der Waals surface area contributed by atoms with Crippen molar-refractivity contribution in [3.8, 4) is 0 Å². The van der Waals surface area contributed by atoms with E-state index in [1.807, 2.05) is 0 Å². The number of nitrogens with one attached hydrogen (secondary N) is 1. The van der Waals surface area contributed by atoms with Gasteiger partial charge < -0.3 is 5.32 Å². The lowest BCUT2D eigenvalue weighted by atomic mass is 10.1. The number of hydrogen-bond donors (Lipinski definition) is 2. The number of primary sulfonamides is 1. The highest BCUT2D eigenvalue weighted by molar-refractivity contribution is 9.10. The maximum Gasteiger partial charge on any atom is 0.471 e. The van der Waals surface area contributed by atoms with Gasteiger partial charge in [-0.15, -0.1) is 0 Å². The van der Waals surface area contributed by atoms with Crippen molar-refractivity contribution in [3.05, 3.63) is 28.2 Å². The number of alkyl halides is 3. The summed E-state index contributed by atoms with van der Waals surface area (Å²) in [6, 6.07) is 4.18. The molecule has 10 heteroatoms. The molecule has 1 rings (SSSR count). The molecule has 0 aromatic heterocycles. The quantitative estimate of drug-likeness (QED) is 0.832. The molecule has 0 unspecified atom stereocenters. The average Bonchev–Trinajstić information content (AvgIpc) is 2.28. The lowest BCUT2D eigenvalue weighted by Crippen LogP contribution is -2.37. The minimum Gasteiger partial charge on any atom is -0.348 e. The summed E-state index contributed by atoms with van der Waals surface area (Å²) in [5, 5.41) is 6.66. The highest BCUT2D eigenvalue weighted by Crippen LogP contribution is 2.20. The van der Waals surface area contributed by atoms with E-state index in [1.54, 1.807) is 5.32 Å². The predicted molar refractivity (Wildman–Crippen MR) is 68.3 cm³/mol. The lowest BCUT2D eigenvalue weighted by Gasteiger charge is -2.10. The second-order valence-corrected chi connectivity index (χ2v) is 6.25. The molecule has 0 atom stereocenters. The summed E-state index contributed by atoms with van der Waals surface area (Å²) < 4.78 is 59.1. The lowest BCUT2D eigenvalue weighted by molar-refractivity contribution is -0.173. The zero-order valence-electron chi connectivity index (χ0n) is 9.87. The van der Waals surface area contributed by atoms with Gasteiger partial charge in [-0.05, 0) is 24.1 Å². The Kier molecular flexibility index (Phi) is 5.16. The van der Waals surface area contributed by atoms with Crippen molar-refractivity contribution in [1.29, 1.82) is 0 Å². The molecular formula is C10H10BrF3N2O3S. The van der Waals surface area contributed by atoms with Gasteiger partial charge in [-0.25, -0.2) is 13.6 Å². The van der Waals surface area contributed by atoms with Gasteiger partial charge in [0.05, 0.1) is 4.90 Å². The van der Waals surface area contributed by atoms with E-state index in [-0.39, 0.29) is 23.4 Å². The smallest absolute Gasteiger partial charge is 0.348 e. The summed E-state index contributed by atoms with van der Waals surface area (Å²) in [4.78, 5) is 10.4. The Balaban J connectivity index is 2.82. The van der Waals surface area contributed by atoms with Crippen LogP contribution < -0.4 is 10.5 Å². The molecule has 1 amide bonds. The fourth-order valence-corrected chi connectivity index (χ4v) is 2.75. The first-order valence-electron chi connectivity index (χ1n) is 5.18. The molecule has 0 aliphatic rings. The van der Waals surface area contributed by atoms with Crippen molar-refractivity contribution in [1.82, 2.24) is 5.32 Å². The molecular weight excluding hydrogens is 365 g/mol. The fraction of sp³-hybridized carbons (Fsp3) is 0.300. The molecule has 1 aromatic carbocycles. The van der Waals surface area contributed by atoms with Crippen molar-refractivity contribution in [2.45, 2.75) is 17.5 Å². The molecule has 0 fully saturated rings. The van der Waals surface area contributed by atoms with Crippen LogP contribution in [0.5, 0.6) is 0 Å². The molecule has 0 saturated heterocycles. The summed E-state index contributed by atoms with van der Waals surface area (Å²) >= 11 is 3.07. The van der Waals surface area contributed by atoms with E-state index < -0.39 is 22.1 Å². The van der Waals surface area contributed by atoms with Crippen molar-refractivity contribution >= 4 is 31.9 Å². The molecule has 0 spiro atoms. The number of nitrogens with two attached hydrogens (primary N) is 1. The van der Waals surface area contributed by atoms with Crippen LogP contribution in [0, 0.1) is 0 Å². The summed E-state index contributed by atoms with van der Waals surface area (Å²) in [5.41, 5.74) is 0.221. The number of carbonyl (C=O) groups is 1. The molecule has 1 aromatic rings. The number of amides is 1. The predicted octanol–water partition coefficient (Wildman–Crippen LogP) is 1.32. The van der Waals surface area contributed by atoms with E-state index in [4.69, 9.17) is 5.14 Å². The Hall–Kier alpha value is -1.13. The highest BCUT2D eigenvalue weighted by atomic mass is 79.9. The van der Waals surface area contributed by atoms with Gasteiger partial charge in [0.25, 0.3) is 0 Å². The summed E-state index contributed by atoms with van der Waals surface area (Å²) in [5.74, 6) is -2.08. The number of halogens is 4. The molecule has 0 aliphatic heterocycles. The van der Waals surface area contributed by atoms with Gasteiger partial charge in [-0.3, -0.25) is 4.79 Å². The zero-order valence-corrected chi connectivity index (χ0v) is 12.3. The fourth-order valence-electron chi connectivity index (χ4n) is 1.41. The molecule has 0 radical (unpaired) electrons. The molecule has 5 nitrogen and oxygen atoms in total. The Morgan fingerprint density at radius 3 is 2.45 bits per heavy atom. The Morgan fingerprint density at radius 1 is 1.35 bits per heavy atom. The molecule has 0 saturated carbocycles. The largest absolute Gasteiger partial charge is 0.471 e. The number of sulfonamides is 1. The van der Waals surface area contributed by atoms with E-state index in [0.29, 0.717) is 4.47 Å². The summed E-state index contributed by atoms with van der Waals surface area (Å²) in [6.45, 7) is -0.359. The standard InChI is InChI=1S/C10H10BrF3N2O3S/c11-7-2-1-6(8(5-7)20(15,18)19)3-4-16-9(17)10(12,13)14/h1-2,5H,3-4H2,(H,16,17)(H2,15,18,19). The third kappa shape index (κ3) is 4.76. The number of carbonyl (C=O) groups excluding carboxylic acids is 1. The van der Waals surface area contributed by atoms with Crippen molar-refractivity contribution in [2.75, 3.05) is 6.54 Å². The third-order valence-corrected chi connectivity index (χ3v) is 3.76. The van der Waals surface area contributed by atoms with Crippen LogP contribution >= 0.6 is 15.9 Å². The molecule has 112 valence electrons. The van der Waals surface area contributed by atoms with Crippen LogP contribution in [0.1, 0.15) is 5.56 Å². The van der Waals surface area contributed by atoms with Crippen molar-refractivity contribution in [3.63, 3.8) is 0 Å². The topological polar surface area (TPSA) is 89.3 Å². The summed E-state index contributed by atoms with van der Waals surface area (Å²) in [7, 11) is -4.00. The number of rotatable bonds is 4. The van der Waals surface area contributed by atoms with Crippen LogP contribution in [0.4, 0.5) is 13.2 Å². The normalized spacial score (nSPS) is 12.2. The maximum absolute atomic E-state index is 12.0. The van der Waals surface area contributed by atoms with Gasteiger partial charge in [-0.1, -0.05) is 22.0 Å². The van der Waals surface area contributed by atoms with Gasteiger partial charge in [0.2, 0.25) is 10.0 Å². The van der Waals surface area contributed by atoms with Crippen LogP contribution in [0.3, 0.4) is 0 Å². The van der Waals surface area contributed by atoms with Crippen molar-refractivity contribution < 1.29 is 26.4 Å². The van der Waals surface area contributed by atoms with Crippen LogP contribution in [0.15, 0.2) is 27.6 Å². The first kappa shape index (κ1) is 16.9. The maximum atomic E-state index is 12.0. The highest BCUT2D eigenvalue weighted by Gasteiger charge is 2.38. The van der Waals surface area contributed by atoms with E-state index >= 15 is 0 Å².